The fourth-order valence-electron chi connectivity index (χ4n) is 0. The predicted octanol–water partition coefficient (Wildman–Crippen LogP) is -0.0785. The second kappa shape index (κ2) is 9.47. The van der Waals surface area contributed by atoms with Gasteiger partial charge in [0.05, 0.1) is 0 Å². The summed E-state index contributed by atoms with van der Waals surface area (Å²) in [5.41, 5.74) is 0. The number of carboxylic acid groups (broad SMARTS) is 1. The van der Waals surface area contributed by atoms with Crippen LogP contribution in [0.25, 0.3) is 0 Å². The number of carboxylic acids is 1. The van der Waals surface area contributed by atoms with Gasteiger partial charge in [-0.25, -0.2) is 0 Å². The van der Waals surface area contributed by atoms with Crippen LogP contribution < -0.4 is 0 Å². The van der Waals surface area contributed by atoms with Gasteiger partial charge in [0.15, 0.2) is 0 Å². The normalized spacial score (nSPS) is 5.86. The summed E-state index contributed by atoms with van der Waals surface area (Å²) < 4.78 is 7.00. The van der Waals surface area contributed by atoms with Crippen LogP contribution >= 0.6 is 0 Å². The molecule has 7 heavy (non-hydrogen) atoms. The van der Waals surface area contributed by atoms with Crippen LogP contribution in [0.15, 0.2) is 0 Å². The molecule has 0 atom stereocenters. The molecule has 3 nitrogen and oxygen atoms in total. The number of carbonyl (C=O) groups is 1. The predicted molar refractivity (Wildman–Crippen MR) is 20.1 cm³/mol. The SMILES string of the molecule is CCC(=O)O.[OH][Ti]. The zero-order valence-corrected chi connectivity index (χ0v) is 5.57. The third kappa shape index (κ3) is 23.0. The summed E-state index contributed by atoms with van der Waals surface area (Å²) in [6.07, 6.45) is 0.222. The second-order valence-corrected chi connectivity index (χ2v) is 0.747. The second-order valence-electron chi connectivity index (χ2n) is 0.747. The first-order valence-electron chi connectivity index (χ1n) is 1.71. The number of rotatable bonds is 1. The molecule has 0 radical (unpaired) electrons. The number of hydrogen-bond donors (Lipinski definition) is 2. The minimum absolute atomic E-state index is 0.222. The quantitative estimate of drug-likeness (QED) is 0.499. The summed E-state index contributed by atoms with van der Waals surface area (Å²) >= 11 is 1.00. The Balaban J connectivity index is 0. The van der Waals surface area contributed by atoms with Crippen molar-refractivity contribution in [1.29, 1.82) is 0 Å². The van der Waals surface area contributed by atoms with Crippen molar-refractivity contribution in [2.45, 2.75) is 13.3 Å². The van der Waals surface area contributed by atoms with Crippen molar-refractivity contribution in [2.75, 3.05) is 0 Å². The van der Waals surface area contributed by atoms with Gasteiger partial charge in [-0.1, -0.05) is 6.92 Å². The van der Waals surface area contributed by atoms with Crippen LogP contribution in [0, 0.1) is 0 Å². The molecule has 0 heterocycles. The standard InChI is InChI=1S/C3H6O2.H2O.Ti/c1-2-3(4)5;;/h2H2,1H3,(H,4,5);1H2;/q;;+1/p-1. The first kappa shape index (κ1) is 10.2. The van der Waals surface area contributed by atoms with Crippen molar-refractivity contribution in [3.63, 3.8) is 0 Å². The Hall–Kier alpha value is 0.144. The zero-order valence-electron chi connectivity index (χ0n) is 4.01. The van der Waals surface area contributed by atoms with Gasteiger partial charge in [0.1, 0.15) is 0 Å². The number of aliphatic carboxylic acids is 1. The first-order chi connectivity index (χ1) is 3.27. The molecule has 0 aliphatic heterocycles. The molecule has 0 amide bonds. The molecule has 0 saturated heterocycles. The molecule has 0 saturated carbocycles. The number of hydrogen-bond acceptors (Lipinski definition) is 2. The molecule has 0 aromatic rings. The Morgan fingerprint density at radius 2 is 1.86 bits per heavy atom. The third-order valence-electron chi connectivity index (χ3n) is 0.302. The molecule has 2 N–H and O–H groups in total. The molecule has 0 unspecified atom stereocenters. The topological polar surface area (TPSA) is 57.5 Å². The van der Waals surface area contributed by atoms with Crippen LogP contribution in [0.2, 0.25) is 0 Å². The molecular weight excluding hydrogens is 132 g/mol. The summed E-state index contributed by atoms with van der Waals surface area (Å²) in [5, 5.41) is 7.72. The maximum absolute atomic E-state index is 9.37. The maximum atomic E-state index is 9.37. The molecular formula is C3H7O3Ti. The van der Waals surface area contributed by atoms with Crippen molar-refractivity contribution in [2.24, 2.45) is 0 Å². The summed E-state index contributed by atoms with van der Waals surface area (Å²) in [7, 11) is 0. The van der Waals surface area contributed by atoms with E-state index in [4.69, 9.17) is 8.79 Å². The first-order valence-corrected chi connectivity index (χ1v) is 2.41. The van der Waals surface area contributed by atoms with E-state index >= 15 is 0 Å². The van der Waals surface area contributed by atoms with Gasteiger partial charge in [-0.05, 0) is 0 Å². The van der Waals surface area contributed by atoms with E-state index in [2.05, 4.69) is 0 Å². The van der Waals surface area contributed by atoms with E-state index in [1.54, 1.807) is 6.92 Å². The Kier molecular flexibility index (Phi) is 13.8. The third-order valence-corrected chi connectivity index (χ3v) is 0.302. The van der Waals surface area contributed by atoms with Crippen LogP contribution in [-0.2, 0) is 25.6 Å². The van der Waals surface area contributed by atoms with Crippen LogP contribution in [0.4, 0.5) is 0 Å². The van der Waals surface area contributed by atoms with Gasteiger partial charge in [0.25, 0.3) is 0 Å². The summed E-state index contributed by atoms with van der Waals surface area (Å²) in [5.74, 6) is -0.745. The average molecular weight is 139 g/mol. The van der Waals surface area contributed by atoms with E-state index in [9.17, 15) is 4.79 Å². The molecule has 0 bridgehead atoms. The zero-order chi connectivity index (χ0) is 6.28. The Labute approximate surface area is 54.2 Å². The molecule has 41 valence electrons. The van der Waals surface area contributed by atoms with Crippen LogP contribution in [0.5, 0.6) is 0 Å². The van der Waals surface area contributed by atoms with E-state index in [1.165, 1.54) is 0 Å². The van der Waals surface area contributed by atoms with Gasteiger partial charge in [-0.3, -0.25) is 4.79 Å². The van der Waals surface area contributed by atoms with Gasteiger partial charge in [-0.2, -0.15) is 0 Å². The van der Waals surface area contributed by atoms with E-state index < -0.39 is 5.97 Å². The van der Waals surface area contributed by atoms with Gasteiger partial charge in [-0.15, -0.1) is 0 Å². The van der Waals surface area contributed by atoms with Crippen LogP contribution in [0.1, 0.15) is 13.3 Å². The minimum atomic E-state index is -0.745. The van der Waals surface area contributed by atoms with Gasteiger partial charge < -0.3 is 5.11 Å². The molecule has 0 aliphatic rings. The summed E-state index contributed by atoms with van der Waals surface area (Å²) in [6, 6.07) is 0. The van der Waals surface area contributed by atoms with Crippen LogP contribution in [-0.4, -0.2) is 14.8 Å². The molecule has 0 aliphatic carbocycles. The summed E-state index contributed by atoms with van der Waals surface area (Å²) in [6.45, 7) is 1.60. The van der Waals surface area contributed by atoms with Crippen molar-refractivity contribution in [3.8, 4) is 0 Å². The fourth-order valence-corrected chi connectivity index (χ4v) is 0. The molecule has 0 fully saturated rings. The van der Waals surface area contributed by atoms with E-state index in [-0.39, 0.29) is 6.42 Å². The molecule has 0 rings (SSSR count). The van der Waals surface area contributed by atoms with Crippen LogP contribution in [0.3, 0.4) is 0 Å². The van der Waals surface area contributed by atoms with Gasteiger partial charge in [0.2, 0.25) is 0 Å². The van der Waals surface area contributed by atoms with E-state index in [0.717, 1.165) is 20.8 Å². The van der Waals surface area contributed by atoms with Gasteiger partial charge in [0, 0.05) is 6.42 Å². The fraction of sp³-hybridized carbons (Fsp3) is 0.667. The Morgan fingerprint density at radius 1 is 1.71 bits per heavy atom. The van der Waals surface area contributed by atoms with Gasteiger partial charge >= 0.3 is 30.5 Å². The monoisotopic (exact) mass is 139 g/mol. The average Bonchev–Trinajstić information content (AvgIpc) is 1.73. The van der Waals surface area contributed by atoms with Crippen molar-refractivity contribution >= 4 is 5.97 Å². The molecule has 4 heteroatoms. The van der Waals surface area contributed by atoms with Crippen molar-refractivity contribution in [1.82, 2.24) is 0 Å². The molecule has 0 spiro atoms. The van der Waals surface area contributed by atoms with E-state index in [1.807, 2.05) is 0 Å². The Morgan fingerprint density at radius 3 is 1.86 bits per heavy atom. The molecule has 0 aromatic carbocycles. The molecule has 0 aromatic heterocycles. The van der Waals surface area contributed by atoms with Crippen molar-refractivity contribution in [3.05, 3.63) is 0 Å². The van der Waals surface area contributed by atoms with E-state index in [0.29, 0.717) is 0 Å². The summed E-state index contributed by atoms with van der Waals surface area (Å²) in [4.78, 5) is 9.37. The Bertz CT molecular complexity index is 45.4. The van der Waals surface area contributed by atoms with Crippen molar-refractivity contribution < 1.29 is 34.4 Å².